The van der Waals surface area contributed by atoms with Crippen LogP contribution >= 0.6 is 0 Å². The van der Waals surface area contributed by atoms with E-state index in [9.17, 15) is 9.59 Å². The molecule has 0 unspecified atom stereocenters. The first-order valence-corrected chi connectivity index (χ1v) is 6.13. The molecule has 0 saturated heterocycles. The third-order valence-electron chi connectivity index (χ3n) is 2.73. The van der Waals surface area contributed by atoms with Gasteiger partial charge in [-0.1, -0.05) is 30.3 Å². The van der Waals surface area contributed by atoms with E-state index < -0.39 is 11.7 Å². The van der Waals surface area contributed by atoms with Crippen LogP contribution < -0.4 is 10.9 Å². The van der Waals surface area contributed by atoms with Gasteiger partial charge in [0.15, 0.2) is 11.2 Å². The van der Waals surface area contributed by atoms with Gasteiger partial charge in [0.2, 0.25) is 5.95 Å². The number of H-pyrrole nitrogens is 2. The Morgan fingerprint density at radius 3 is 2.90 bits per heavy atom. The lowest BCUT2D eigenvalue weighted by Crippen LogP contribution is -2.19. The summed E-state index contributed by atoms with van der Waals surface area (Å²) in [4.78, 5) is 36.2. The fourth-order valence-corrected chi connectivity index (χ4v) is 1.76. The van der Waals surface area contributed by atoms with E-state index in [0.29, 0.717) is 0 Å². The number of carbonyl (C=O) groups excluding carboxylic acids is 1. The lowest BCUT2D eigenvalue weighted by Gasteiger charge is -2.06. The first-order valence-electron chi connectivity index (χ1n) is 6.13. The normalized spacial score (nSPS) is 10.5. The molecule has 0 spiro atoms. The molecule has 0 atom stereocenters. The van der Waals surface area contributed by atoms with Gasteiger partial charge in [-0.2, -0.15) is 4.98 Å². The third-order valence-corrected chi connectivity index (χ3v) is 2.73. The summed E-state index contributed by atoms with van der Waals surface area (Å²) in [5, 5.41) is 2.35. The number of nitrogens with zero attached hydrogens (tertiary/aromatic N) is 2. The van der Waals surface area contributed by atoms with E-state index in [1.54, 1.807) is 0 Å². The van der Waals surface area contributed by atoms with Gasteiger partial charge < -0.3 is 9.72 Å². The van der Waals surface area contributed by atoms with E-state index in [1.807, 2.05) is 30.3 Å². The molecule has 0 fully saturated rings. The van der Waals surface area contributed by atoms with Crippen LogP contribution in [-0.2, 0) is 11.3 Å². The average Bonchev–Trinajstić information content (AvgIpc) is 2.95. The van der Waals surface area contributed by atoms with Crippen LogP contribution in [0.4, 0.5) is 10.7 Å². The minimum atomic E-state index is -0.711. The number of hydrogen-bond donors (Lipinski definition) is 3. The summed E-state index contributed by atoms with van der Waals surface area (Å²) >= 11 is 0. The molecule has 0 saturated carbocycles. The smallest absolute Gasteiger partial charge is 0.414 e. The number of imidazole rings is 1. The second-order valence-corrected chi connectivity index (χ2v) is 4.20. The highest BCUT2D eigenvalue weighted by Gasteiger charge is 2.09. The zero-order chi connectivity index (χ0) is 14.7. The quantitative estimate of drug-likeness (QED) is 0.673. The highest BCUT2D eigenvalue weighted by atomic mass is 16.5. The number of nitrogens with one attached hydrogen (secondary N) is 3. The van der Waals surface area contributed by atoms with Crippen LogP contribution in [0.15, 0.2) is 41.5 Å². The van der Waals surface area contributed by atoms with E-state index in [4.69, 9.17) is 4.74 Å². The van der Waals surface area contributed by atoms with Crippen molar-refractivity contribution in [3.8, 4) is 0 Å². The van der Waals surface area contributed by atoms with Crippen LogP contribution in [0.5, 0.6) is 0 Å². The number of fused-ring (bicyclic) bond motifs is 1. The number of rotatable bonds is 3. The number of ether oxygens (including phenoxy) is 1. The maximum Gasteiger partial charge on any atom is 0.414 e. The Balaban J connectivity index is 1.67. The van der Waals surface area contributed by atoms with Crippen molar-refractivity contribution >= 4 is 23.2 Å². The number of benzene rings is 1. The van der Waals surface area contributed by atoms with Gasteiger partial charge in [-0.15, -0.1) is 0 Å². The third kappa shape index (κ3) is 2.89. The molecule has 1 amide bonds. The Hall–Kier alpha value is -3.16. The monoisotopic (exact) mass is 285 g/mol. The minimum Gasteiger partial charge on any atom is -0.444 e. The molecular formula is C13H11N5O3. The molecule has 106 valence electrons. The minimum absolute atomic E-state index is 0.0161. The predicted molar refractivity (Wildman–Crippen MR) is 74.8 cm³/mol. The topological polar surface area (TPSA) is 113 Å². The predicted octanol–water partition coefficient (Wildman–Crippen LogP) is 1.39. The van der Waals surface area contributed by atoms with E-state index in [-0.39, 0.29) is 23.7 Å². The highest BCUT2D eigenvalue weighted by molar-refractivity contribution is 5.83. The Kier molecular flexibility index (Phi) is 3.34. The van der Waals surface area contributed by atoms with Crippen LogP contribution in [0, 0.1) is 0 Å². The van der Waals surface area contributed by atoms with Crippen molar-refractivity contribution in [2.75, 3.05) is 5.32 Å². The van der Waals surface area contributed by atoms with Gasteiger partial charge in [-0.05, 0) is 5.56 Å². The van der Waals surface area contributed by atoms with Crippen molar-refractivity contribution in [2.24, 2.45) is 0 Å². The molecule has 1 aromatic carbocycles. The molecule has 0 bridgehead atoms. The van der Waals surface area contributed by atoms with E-state index >= 15 is 0 Å². The van der Waals surface area contributed by atoms with Crippen molar-refractivity contribution in [2.45, 2.75) is 6.61 Å². The average molecular weight is 285 g/mol. The number of aromatic nitrogens is 4. The summed E-state index contributed by atoms with van der Waals surface area (Å²) in [6, 6.07) is 9.24. The Bertz CT molecular complexity index is 824. The molecule has 3 rings (SSSR count). The number of carbonyl (C=O) groups is 1. The molecule has 0 aliphatic rings. The Morgan fingerprint density at radius 2 is 2.10 bits per heavy atom. The van der Waals surface area contributed by atoms with Gasteiger partial charge in [0, 0.05) is 0 Å². The van der Waals surface area contributed by atoms with E-state index in [0.717, 1.165) is 5.56 Å². The number of aromatic amines is 2. The van der Waals surface area contributed by atoms with Crippen molar-refractivity contribution in [3.63, 3.8) is 0 Å². The molecule has 0 aliphatic carbocycles. The zero-order valence-corrected chi connectivity index (χ0v) is 10.8. The van der Waals surface area contributed by atoms with Crippen LogP contribution in [0.3, 0.4) is 0 Å². The zero-order valence-electron chi connectivity index (χ0n) is 10.8. The standard InChI is InChI=1S/C13H11N5O3/c19-11-9-10(15-7-14-9)16-12(17-11)18-13(20)21-6-8-4-2-1-3-5-8/h1-5,7H,6H2,(H3,14,15,16,17,18,19,20). The molecule has 3 N–H and O–H groups in total. The number of hydrogen-bond acceptors (Lipinski definition) is 5. The summed E-state index contributed by atoms with van der Waals surface area (Å²) in [5.74, 6) is -0.0161. The van der Waals surface area contributed by atoms with Gasteiger partial charge in [0.25, 0.3) is 5.56 Å². The molecular weight excluding hydrogens is 274 g/mol. The second-order valence-electron chi connectivity index (χ2n) is 4.20. The number of anilines is 1. The molecule has 3 aromatic rings. The molecule has 0 aliphatic heterocycles. The molecule has 21 heavy (non-hydrogen) atoms. The molecule has 2 heterocycles. The summed E-state index contributed by atoms with van der Waals surface area (Å²) in [6.45, 7) is 0.127. The van der Waals surface area contributed by atoms with Crippen molar-refractivity contribution in [3.05, 3.63) is 52.6 Å². The van der Waals surface area contributed by atoms with Gasteiger partial charge >= 0.3 is 6.09 Å². The van der Waals surface area contributed by atoms with Gasteiger partial charge in [-0.25, -0.2) is 9.78 Å². The van der Waals surface area contributed by atoms with Crippen LogP contribution in [0.1, 0.15) is 5.56 Å². The van der Waals surface area contributed by atoms with Crippen LogP contribution in [0.2, 0.25) is 0 Å². The molecule has 8 nitrogen and oxygen atoms in total. The Morgan fingerprint density at radius 1 is 1.29 bits per heavy atom. The maximum atomic E-state index is 11.7. The van der Waals surface area contributed by atoms with Gasteiger partial charge in [-0.3, -0.25) is 15.1 Å². The highest BCUT2D eigenvalue weighted by Crippen LogP contribution is 2.05. The summed E-state index contributed by atoms with van der Waals surface area (Å²) < 4.78 is 5.03. The van der Waals surface area contributed by atoms with Crippen molar-refractivity contribution in [1.29, 1.82) is 0 Å². The van der Waals surface area contributed by atoms with Gasteiger partial charge in [0.1, 0.15) is 6.61 Å². The lowest BCUT2D eigenvalue weighted by atomic mass is 10.2. The Labute approximate surface area is 118 Å². The SMILES string of the molecule is O=C(Nc1nc2nc[nH]c2c(=O)[nH]1)OCc1ccccc1. The fraction of sp³-hybridized carbons (Fsp3) is 0.0769. The van der Waals surface area contributed by atoms with Crippen molar-refractivity contribution < 1.29 is 9.53 Å². The first-order chi connectivity index (χ1) is 10.2. The van der Waals surface area contributed by atoms with Crippen molar-refractivity contribution in [1.82, 2.24) is 19.9 Å². The second kappa shape index (κ2) is 5.45. The van der Waals surface area contributed by atoms with E-state index in [2.05, 4.69) is 25.3 Å². The van der Waals surface area contributed by atoms with E-state index in [1.165, 1.54) is 6.33 Å². The summed E-state index contributed by atoms with van der Waals surface area (Å²) in [5.41, 5.74) is 0.906. The molecule has 0 radical (unpaired) electrons. The van der Waals surface area contributed by atoms with Crippen LogP contribution in [0.25, 0.3) is 11.2 Å². The first kappa shape index (κ1) is 12.9. The van der Waals surface area contributed by atoms with Gasteiger partial charge in [0.05, 0.1) is 6.33 Å². The maximum absolute atomic E-state index is 11.7. The van der Waals surface area contributed by atoms with Crippen LogP contribution in [-0.4, -0.2) is 26.0 Å². The molecule has 2 aromatic heterocycles. The number of amides is 1. The summed E-state index contributed by atoms with van der Waals surface area (Å²) in [7, 11) is 0. The lowest BCUT2D eigenvalue weighted by molar-refractivity contribution is 0.155. The largest absolute Gasteiger partial charge is 0.444 e. The summed E-state index contributed by atoms with van der Waals surface area (Å²) in [6.07, 6.45) is 0.640. The molecule has 8 heteroatoms. The fourth-order valence-electron chi connectivity index (χ4n) is 1.76.